The molecule has 0 amide bonds. The maximum Gasteiger partial charge on any atom is 0.137 e. The minimum atomic E-state index is 0.344. The molecule has 1 N–H and O–H groups in total. The molecule has 4 nitrogen and oxygen atoms in total. The lowest BCUT2D eigenvalue weighted by molar-refractivity contribution is 0.754. The Morgan fingerprint density at radius 1 is 1.22 bits per heavy atom. The molecule has 0 aliphatic carbocycles. The summed E-state index contributed by atoms with van der Waals surface area (Å²) in [6, 6.07) is 0. The molecule has 0 aromatic carbocycles. The fourth-order valence-corrected chi connectivity index (χ4v) is 1.93. The van der Waals surface area contributed by atoms with Crippen molar-refractivity contribution in [3.63, 3.8) is 0 Å². The second-order valence-corrected chi connectivity index (χ2v) is 4.99. The molecule has 1 aromatic rings. The van der Waals surface area contributed by atoms with Gasteiger partial charge >= 0.3 is 0 Å². The number of rotatable bonds is 6. The standard InChI is InChI=1S/C14H26N4/c1-7-9-18(6)14-11(5)13(15-8-2)16-12(17-14)10(3)4/h10H,7-9H2,1-6H3,(H,15,16,17). The van der Waals surface area contributed by atoms with Crippen molar-refractivity contribution in [1.82, 2.24) is 9.97 Å². The molecule has 0 saturated carbocycles. The summed E-state index contributed by atoms with van der Waals surface area (Å²) in [6.07, 6.45) is 1.12. The minimum Gasteiger partial charge on any atom is -0.370 e. The summed E-state index contributed by atoms with van der Waals surface area (Å²) in [5.74, 6) is 3.27. The molecule has 1 rings (SSSR count). The van der Waals surface area contributed by atoms with Crippen LogP contribution in [0.25, 0.3) is 0 Å². The van der Waals surface area contributed by atoms with Gasteiger partial charge in [0.25, 0.3) is 0 Å². The Morgan fingerprint density at radius 2 is 1.89 bits per heavy atom. The van der Waals surface area contributed by atoms with E-state index in [1.54, 1.807) is 0 Å². The van der Waals surface area contributed by atoms with Gasteiger partial charge in [-0.15, -0.1) is 0 Å². The third-order valence-electron chi connectivity index (χ3n) is 2.92. The fourth-order valence-electron chi connectivity index (χ4n) is 1.93. The lowest BCUT2D eigenvalue weighted by atomic mass is 10.2. The Morgan fingerprint density at radius 3 is 2.39 bits per heavy atom. The third-order valence-corrected chi connectivity index (χ3v) is 2.92. The normalized spacial score (nSPS) is 10.8. The molecule has 0 spiro atoms. The van der Waals surface area contributed by atoms with Gasteiger partial charge in [-0.2, -0.15) is 0 Å². The summed E-state index contributed by atoms with van der Waals surface area (Å²) >= 11 is 0. The first-order chi connectivity index (χ1) is 8.51. The number of nitrogens with zero attached hydrogens (tertiary/aromatic N) is 3. The predicted octanol–water partition coefficient (Wildman–Crippen LogP) is 3.19. The fraction of sp³-hybridized carbons (Fsp3) is 0.714. The lowest BCUT2D eigenvalue weighted by Crippen LogP contribution is -2.22. The van der Waals surface area contributed by atoms with E-state index in [4.69, 9.17) is 4.98 Å². The van der Waals surface area contributed by atoms with E-state index in [2.05, 4.69) is 56.9 Å². The Hall–Kier alpha value is -1.32. The SMILES string of the molecule is CCCN(C)c1nc(C(C)C)nc(NCC)c1C. The van der Waals surface area contributed by atoms with E-state index >= 15 is 0 Å². The van der Waals surface area contributed by atoms with Crippen molar-refractivity contribution in [3.8, 4) is 0 Å². The molecule has 0 aliphatic heterocycles. The van der Waals surface area contributed by atoms with Gasteiger partial charge in [0, 0.05) is 31.6 Å². The van der Waals surface area contributed by atoms with E-state index in [1.807, 2.05) is 0 Å². The average molecular weight is 250 g/mol. The molecule has 0 unspecified atom stereocenters. The molecule has 0 atom stereocenters. The van der Waals surface area contributed by atoms with Gasteiger partial charge < -0.3 is 10.2 Å². The topological polar surface area (TPSA) is 41.1 Å². The number of hydrogen-bond donors (Lipinski definition) is 1. The van der Waals surface area contributed by atoms with Gasteiger partial charge in [0.1, 0.15) is 17.5 Å². The van der Waals surface area contributed by atoms with Crippen molar-refractivity contribution in [3.05, 3.63) is 11.4 Å². The highest BCUT2D eigenvalue weighted by Crippen LogP contribution is 2.25. The maximum atomic E-state index is 4.71. The van der Waals surface area contributed by atoms with E-state index < -0.39 is 0 Å². The molecule has 0 aliphatic rings. The molecule has 0 fully saturated rings. The smallest absolute Gasteiger partial charge is 0.137 e. The van der Waals surface area contributed by atoms with Gasteiger partial charge in [0.05, 0.1) is 0 Å². The molecular weight excluding hydrogens is 224 g/mol. The van der Waals surface area contributed by atoms with Crippen molar-refractivity contribution >= 4 is 11.6 Å². The molecule has 1 aromatic heterocycles. The molecule has 0 saturated heterocycles. The number of nitrogens with one attached hydrogen (secondary N) is 1. The van der Waals surface area contributed by atoms with Crippen LogP contribution in [0.15, 0.2) is 0 Å². The summed E-state index contributed by atoms with van der Waals surface area (Å²) in [6.45, 7) is 12.5. The van der Waals surface area contributed by atoms with Crippen molar-refractivity contribution in [1.29, 1.82) is 0 Å². The molecule has 4 heteroatoms. The zero-order valence-corrected chi connectivity index (χ0v) is 12.5. The van der Waals surface area contributed by atoms with Crippen LogP contribution in [-0.4, -0.2) is 30.1 Å². The van der Waals surface area contributed by atoms with Crippen LogP contribution in [0, 0.1) is 6.92 Å². The molecule has 18 heavy (non-hydrogen) atoms. The minimum absolute atomic E-state index is 0.344. The van der Waals surface area contributed by atoms with Crippen molar-refractivity contribution in [2.45, 2.75) is 47.0 Å². The highest BCUT2D eigenvalue weighted by molar-refractivity contribution is 5.58. The zero-order chi connectivity index (χ0) is 13.7. The molecule has 0 radical (unpaired) electrons. The molecule has 0 bridgehead atoms. The highest BCUT2D eigenvalue weighted by atomic mass is 15.2. The van der Waals surface area contributed by atoms with Crippen LogP contribution < -0.4 is 10.2 Å². The summed E-state index contributed by atoms with van der Waals surface area (Å²) in [4.78, 5) is 11.5. The van der Waals surface area contributed by atoms with Gasteiger partial charge in [0.2, 0.25) is 0 Å². The van der Waals surface area contributed by atoms with Crippen LogP contribution in [0.4, 0.5) is 11.6 Å². The van der Waals surface area contributed by atoms with Crippen LogP contribution in [0.2, 0.25) is 0 Å². The van der Waals surface area contributed by atoms with E-state index in [1.165, 1.54) is 0 Å². The van der Waals surface area contributed by atoms with Gasteiger partial charge in [-0.05, 0) is 20.3 Å². The quantitative estimate of drug-likeness (QED) is 0.842. The van der Waals surface area contributed by atoms with Crippen molar-refractivity contribution in [2.24, 2.45) is 0 Å². The molecular formula is C14H26N4. The van der Waals surface area contributed by atoms with Crippen LogP contribution in [-0.2, 0) is 0 Å². The largest absolute Gasteiger partial charge is 0.370 e. The second-order valence-electron chi connectivity index (χ2n) is 4.99. The molecule has 1 heterocycles. The van der Waals surface area contributed by atoms with Crippen LogP contribution in [0.5, 0.6) is 0 Å². The van der Waals surface area contributed by atoms with E-state index in [0.29, 0.717) is 5.92 Å². The van der Waals surface area contributed by atoms with Crippen molar-refractivity contribution < 1.29 is 0 Å². The number of hydrogen-bond acceptors (Lipinski definition) is 4. The first-order valence-corrected chi connectivity index (χ1v) is 6.84. The highest BCUT2D eigenvalue weighted by Gasteiger charge is 2.15. The Balaban J connectivity index is 3.21. The average Bonchev–Trinajstić information content (AvgIpc) is 2.31. The Labute approximate surface area is 111 Å². The lowest BCUT2D eigenvalue weighted by Gasteiger charge is -2.22. The summed E-state index contributed by atoms with van der Waals surface area (Å²) < 4.78 is 0. The van der Waals surface area contributed by atoms with Gasteiger partial charge in [-0.25, -0.2) is 9.97 Å². The number of aromatic nitrogens is 2. The zero-order valence-electron chi connectivity index (χ0n) is 12.5. The van der Waals surface area contributed by atoms with Gasteiger partial charge in [-0.1, -0.05) is 20.8 Å². The Kier molecular flexibility index (Phi) is 5.38. The second kappa shape index (κ2) is 6.57. The predicted molar refractivity (Wildman–Crippen MR) is 78.6 cm³/mol. The van der Waals surface area contributed by atoms with E-state index in [-0.39, 0.29) is 0 Å². The van der Waals surface area contributed by atoms with Crippen LogP contribution in [0.1, 0.15) is 51.4 Å². The summed E-state index contributed by atoms with van der Waals surface area (Å²) in [5.41, 5.74) is 1.14. The maximum absolute atomic E-state index is 4.71. The first kappa shape index (κ1) is 14.7. The summed E-state index contributed by atoms with van der Waals surface area (Å²) in [7, 11) is 2.10. The monoisotopic (exact) mass is 250 g/mol. The van der Waals surface area contributed by atoms with E-state index in [9.17, 15) is 0 Å². The van der Waals surface area contributed by atoms with Gasteiger partial charge in [0.15, 0.2) is 0 Å². The van der Waals surface area contributed by atoms with Crippen molar-refractivity contribution in [2.75, 3.05) is 30.4 Å². The van der Waals surface area contributed by atoms with Gasteiger partial charge in [-0.3, -0.25) is 0 Å². The number of anilines is 2. The third kappa shape index (κ3) is 3.34. The summed E-state index contributed by atoms with van der Waals surface area (Å²) in [5, 5.41) is 3.33. The molecule has 102 valence electrons. The Bertz CT molecular complexity index is 388. The van der Waals surface area contributed by atoms with E-state index in [0.717, 1.165) is 42.5 Å². The van der Waals surface area contributed by atoms with Crippen LogP contribution >= 0.6 is 0 Å². The van der Waals surface area contributed by atoms with Crippen LogP contribution in [0.3, 0.4) is 0 Å². The first-order valence-electron chi connectivity index (χ1n) is 6.84.